The molecule has 3 N–H and O–H groups in total. The first-order valence-electron chi connectivity index (χ1n) is 9.13. The van der Waals surface area contributed by atoms with E-state index in [9.17, 15) is 4.79 Å². The van der Waals surface area contributed by atoms with Gasteiger partial charge in [-0.25, -0.2) is 4.79 Å². The van der Waals surface area contributed by atoms with Gasteiger partial charge in [0.15, 0.2) is 0 Å². The van der Waals surface area contributed by atoms with Crippen molar-refractivity contribution in [1.29, 1.82) is 0 Å². The van der Waals surface area contributed by atoms with Crippen molar-refractivity contribution in [3.63, 3.8) is 0 Å². The summed E-state index contributed by atoms with van der Waals surface area (Å²) < 4.78 is 3.89. The highest BCUT2D eigenvalue weighted by Gasteiger charge is 1.93. The molecule has 0 saturated carbocycles. The molecule has 4 heteroatoms. The molecule has 0 fully saturated rings. The van der Waals surface area contributed by atoms with Crippen LogP contribution in [0.3, 0.4) is 0 Å². The van der Waals surface area contributed by atoms with E-state index in [-0.39, 0.29) is 0 Å². The van der Waals surface area contributed by atoms with Crippen LogP contribution in [-0.4, -0.2) is 24.9 Å². The highest BCUT2D eigenvalue weighted by Crippen LogP contribution is 2.12. The molecule has 0 unspecified atom stereocenters. The zero-order chi connectivity index (χ0) is 16.9. The van der Waals surface area contributed by atoms with Crippen LogP contribution >= 0.6 is 0 Å². The van der Waals surface area contributed by atoms with Gasteiger partial charge in [-0.1, -0.05) is 90.4 Å². The van der Waals surface area contributed by atoms with Crippen LogP contribution in [0, 0.1) is 0 Å². The molecule has 0 saturated heterocycles. The molecule has 0 aromatic heterocycles. The van der Waals surface area contributed by atoms with E-state index in [1.807, 2.05) is 0 Å². The van der Waals surface area contributed by atoms with E-state index in [4.69, 9.17) is 5.11 Å². The third kappa shape index (κ3) is 27.6. The lowest BCUT2D eigenvalue weighted by Gasteiger charge is -2.02. The molecule has 22 heavy (non-hydrogen) atoms. The van der Waals surface area contributed by atoms with Gasteiger partial charge in [0.25, 0.3) is 0 Å². The van der Waals surface area contributed by atoms with Crippen molar-refractivity contribution < 1.29 is 14.6 Å². The van der Waals surface area contributed by atoms with E-state index in [2.05, 4.69) is 17.4 Å². The molecule has 0 aromatic carbocycles. The predicted molar refractivity (Wildman–Crippen MR) is 94.0 cm³/mol. The van der Waals surface area contributed by atoms with E-state index in [1.54, 1.807) is 0 Å². The molecular weight excluding hydrogens is 278 g/mol. The van der Waals surface area contributed by atoms with Gasteiger partial charge in [-0.15, -0.1) is 0 Å². The van der Waals surface area contributed by atoms with Gasteiger partial charge < -0.3 is 15.6 Å². The molecule has 1 amide bonds. The summed E-state index contributed by atoms with van der Waals surface area (Å²) in [6, 6.07) is 0. The quantitative estimate of drug-likeness (QED) is 0.434. The van der Waals surface area contributed by atoms with E-state index >= 15 is 0 Å². The SMILES string of the molecule is CCCCCCCCCCCCCCCCO.COC(N)=O. The maximum atomic E-state index is 9.37. The van der Waals surface area contributed by atoms with Gasteiger partial charge in [0.05, 0.1) is 7.11 Å². The fourth-order valence-electron chi connectivity index (χ4n) is 2.31. The minimum atomic E-state index is -0.745. The number of methoxy groups -OCH3 is 1. The normalized spacial score (nSPS) is 9.95. The summed E-state index contributed by atoms with van der Waals surface area (Å²) in [5, 5.41) is 8.64. The van der Waals surface area contributed by atoms with Gasteiger partial charge in [-0.3, -0.25) is 0 Å². The predicted octanol–water partition coefficient (Wildman–Crippen LogP) is 5.17. The molecule has 0 spiro atoms. The van der Waals surface area contributed by atoms with Crippen LogP contribution in [0.5, 0.6) is 0 Å². The molecule has 4 nitrogen and oxygen atoms in total. The largest absolute Gasteiger partial charge is 0.453 e. The molecule has 0 aliphatic carbocycles. The number of hydrogen-bond donors (Lipinski definition) is 2. The molecule has 0 aliphatic rings. The Morgan fingerprint density at radius 1 is 0.773 bits per heavy atom. The fourth-order valence-corrected chi connectivity index (χ4v) is 2.31. The third-order valence-electron chi connectivity index (χ3n) is 3.71. The number of carbonyl (C=O) groups excluding carboxylic acids is 1. The zero-order valence-corrected chi connectivity index (χ0v) is 14.9. The second kappa shape index (κ2) is 22.5. The van der Waals surface area contributed by atoms with Crippen LogP contribution in [-0.2, 0) is 4.74 Å². The second-order valence-corrected chi connectivity index (χ2v) is 5.84. The molecule has 0 bridgehead atoms. The van der Waals surface area contributed by atoms with Crippen LogP contribution in [0.15, 0.2) is 0 Å². The van der Waals surface area contributed by atoms with Gasteiger partial charge in [-0.05, 0) is 6.42 Å². The third-order valence-corrected chi connectivity index (χ3v) is 3.71. The summed E-state index contributed by atoms with van der Waals surface area (Å²) in [6.07, 6.45) is 18.5. The minimum Gasteiger partial charge on any atom is -0.453 e. The lowest BCUT2D eigenvalue weighted by atomic mass is 10.0. The Labute approximate surface area is 137 Å². The first kappa shape index (κ1) is 23.5. The Bertz CT molecular complexity index is 197. The van der Waals surface area contributed by atoms with Crippen molar-refractivity contribution in [3.05, 3.63) is 0 Å². The van der Waals surface area contributed by atoms with Gasteiger partial charge in [0.1, 0.15) is 0 Å². The van der Waals surface area contributed by atoms with Gasteiger partial charge in [-0.2, -0.15) is 0 Å². The van der Waals surface area contributed by atoms with E-state index in [0.29, 0.717) is 6.61 Å². The summed E-state index contributed by atoms with van der Waals surface area (Å²) in [5.41, 5.74) is 4.43. The van der Waals surface area contributed by atoms with Crippen LogP contribution in [0.2, 0.25) is 0 Å². The first-order valence-corrected chi connectivity index (χ1v) is 9.13. The molecule has 0 aliphatic heterocycles. The maximum absolute atomic E-state index is 9.37. The Kier molecular flexibility index (Phi) is 24.0. The molecular formula is C18H39NO3. The monoisotopic (exact) mass is 317 g/mol. The Morgan fingerprint density at radius 3 is 1.27 bits per heavy atom. The molecule has 0 heterocycles. The van der Waals surface area contributed by atoms with Crippen LogP contribution < -0.4 is 5.73 Å². The number of aliphatic hydroxyl groups excluding tert-OH is 1. The molecule has 0 rings (SSSR count). The number of amides is 1. The fraction of sp³-hybridized carbons (Fsp3) is 0.944. The average Bonchev–Trinajstić information content (AvgIpc) is 2.52. The zero-order valence-electron chi connectivity index (χ0n) is 14.9. The molecule has 0 atom stereocenters. The van der Waals surface area contributed by atoms with Gasteiger partial charge in [0, 0.05) is 6.61 Å². The maximum Gasteiger partial charge on any atom is 0.404 e. The van der Waals surface area contributed by atoms with Crippen LogP contribution in [0.25, 0.3) is 0 Å². The second-order valence-electron chi connectivity index (χ2n) is 5.84. The van der Waals surface area contributed by atoms with Crippen molar-refractivity contribution in [3.8, 4) is 0 Å². The Morgan fingerprint density at radius 2 is 1.05 bits per heavy atom. The number of ether oxygens (including phenoxy) is 1. The number of nitrogens with two attached hydrogens (primary N) is 1. The lowest BCUT2D eigenvalue weighted by molar-refractivity contribution is 0.182. The van der Waals surface area contributed by atoms with Crippen LogP contribution in [0.4, 0.5) is 4.79 Å². The first-order chi connectivity index (χ1) is 10.7. The molecule has 134 valence electrons. The Hall–Kier alpha value is -0.770. The van der Waals surface area contributed by atoms with Gasteiger partial charge >= 0.3 is 6.09 Å². The summed E-state index contributed by atoms with van der Waals surface area (Å²) in [4.78, 5) is 9.37. The number of rotatable bonds is 14. The topological polar surface area (TPSA) is 72.6 Å². The van der Waals surface area contributed by atoms with E-state index in [1.165, 1.54) is 90.6 Å². The number of primary amides is 1. The van der Waals surface area contributed by atoms with Gasteiger partial charge in [0.2, 0.25) is 0 Å². The van der Waals surface area contributed by atoms with E-state index < -0.39 is 6.09 Å². The van der Waals surface area contributed by atoms with Crippen molar-refractivity contribution in [1.82, 2.24) is 0 Å². The summed E-state index contributed by atoms with van der Waals surface area (Å²) in [7, 11) is 1.22. The standard InChI is InChI=1S/C16H34O.C2H5NO2/c1-2-3-4-5-6-7-8-9-10-11-12-13-14-15-16-17;1-5-2(3)4/h17H,2-16H2,1H3;1H3,(H2,3,4). The van der Waals surface area contributed by atoms with Crippen molar-refractivity contribution in [2.75, 3.05) is 13.7 Å². The number of unbranched alkanes of at least 4 members (excludes halogenated alkanes) is 13. The van der Waals surface area contributed by atoms with E-state index in [0.717, 1.165) is 6.42 Å². The average molecular weight is 318 g/mol. The highest BCUT2D eigenvalue weighted by atomic mass is 16.5. The van der Waals surface area contributed by atoms with Crippen LogP contribution in [0.1, 0.15) is 96.8 Å². The number of hydrogen-bond acceptors (Lipinski definition) is 3. The molecule has 0 radical (unpaired) electrons. The summed E-state index contributed by atoms with van der Waals surface area (Å²) >= 11 is 0. The Balaban J connectivity index is 0. The van der Waals surface area contributed by atoms with Crippen molar-refractivity contribution in [2.24, 2.45) is 5.73 Å². The van der Waals surface area contributed by atoms with Crippen molar-refractivity contribution >= 4 is 6.09 Å². The number of aliphatic hydroxyl groups is 1. The highest BCUT2D eigenvalue weighted by molar-refractivity contribution is 5.64. The van der Waals surface area contributed by atoms with Crippen molar-refractivity contribution in [2.45, 2.75) is 96.8 Å². The molecule has 0 aromatic rings. The summed E-state index contributed by atoms with van der Waals surface area (Å²) in [6.45, 7) is 2.65. The lowest BCUT2D eigenvalue weighted by Crippen LogP contribution is -2.08. The summed E-state index contributed by atoms with van der Waals surface area (Å²) in [5.74, 6) is 0. The number of carbonyl (C=O) groups is 1. The minimum absolute atomic E-state index is 0.373. The smallest absolute Gasteiger partial charge is 0.404 e.